The van der Waals surface area contributed by atoms with Crippen molar-refractivity contribution < 1.29 is 61.2 Å². The molecule has 0 fully saturated rings. The molecule has 0 aliphatic carbocycles. The molecule has 0 aromatic heterocycles. The van der Waals surface area contributed by atoms with Crippen LogP contribution in [0, 0.1) is 0 Å². The molecule has 126 valence electrons. The van der Waals surface area contributed by atoms with Crippen LogP contribution in [-0.4, -0.2) is 10.2 Å². The first-order valence-corrected chi connectivity index (χ1v) is 6.99. The van der Waals surface area contributed by atoms with Gasteiger partial charge in [0.05, 0.1) is 0 Å². The maximum absolute atomic E-state index is 9.28. The van der Waals surface area contributed by atoms with Crippen molar-refractivity contribution in [3.8, 4) is 11.5 Å². The molecule has 2 rings (SSSR count). The van der Waals surface area contributed by atoms with Gasteiger partial charge in [0.1, 0.15) is 11.5 Å². The van der Waals surface area contributed by atoms with Crippen LogP contribution in [0.15, 0.2) is 48.5 Å². The Morgan fingerprint density at radius 3 is 1.04 bits per heavy atom. The zero-order valence-corrected chi connectivity index (χ0v) is 17.9. The van der Waals surface area contributed by atoms with Crippen molar-refractivity contribution in [2.75, 3.05) is 0 Å². The van der Waals surface area contributed by atoms with Crippen LogP contribution >= 0.6 is 0 Å². The van der Waals surface area contributed by atoms with Gasteiger partial charge >= 0.3 is 26.2 Å². The van der Waals surface area contributed by atoms with Gasteiger partial charge in [0.25, 0.3) is 0 Å². The van der Waals surface area contributed by atoms with Gasteiger partial charge in [0.2, 0.25) is 0 Å². The summed E-state index contributed by atoms with van der Waals surface area (Å²) in [4.78, 5) is 0. The number of para-hydroxylation sites is 2. The van der Waals surface area contributed by atoms with Crippen LogP contribution in [0.4, 0.5) is 0 Å². The second-order valence-corrected chi connectivity index (χ2v) is 5.43. The first-order valence-electron chi connectivity index (χ1n) is 6.99. The molecule has 0 saturated carbocycles. The second-order valence-electron chi connectivity index (χ2n) is 5.43. The van der Waals surface area contributed by atoms with Gasteiger partial charge in [-0.05, 0) is 35.1 Å². The molecular weight excluding hydrogens is 410 g/mol. The molecule has 0 atom stereocenters. The topological polar surface area (TPSA) is 40.5 Å². The first kappa shape index (κ1) is 27.4. The van der Waals surface area contributed by atoms with E-state index in [2.05, 4.69) is 27.7 Å². The fraction of sp³-hybridized carbons (Fsp3) is 0.333. The quantitative estimate of drug-likeness (QED) is 0.639. The van der Waals surface area contributed by atoms with Crippen LogP contribution < -0.4 is 24.8 Å². The number of benzene rings is 2. The maximum atomic E-state index is 9.28. The van der Waals surface area contributed by atoms with E-state index in [1.54, 1.807) is 12.1 Å². The molecule has 0 heterocycles. The van der Waals surface area contributed by atoms with Gasteiger partial charge in [0, 0.05) is 0 Å². The molecule has 2 aromatic rings. The van der Waals surface area contributed by atoms with E-state index in [-0.39, 0.29) is 51.0 Å². The van der Waals surface area contributed by atoms with Crippen molar-refractivity contribution in [2.45, 2.75) is 39.5 Å². The first-order chi connectivity index (χ1) is 9.43. The Kier molecular flexibility index (Phi) is 16.5. The summed E-state index contributed by atoms with van der Waals surface area (Å²) in [6.45, 7) is 8.26. The maximum Gasteiger partial charge on any atom is 2.00 e. The van der Waals surface area contributed by atoms with Crippen molar-refractivity contribution in [1.29, 1.82) is 0 Å². The van der Waals surface area contributed by atoms with Crippen LogP contribution in [0.1, 0.15) is 50.7 Å². The molecule has 5 heteroatoms. The van der Waals surface area contributed by atoms with Gasteiger partial charge in [-0.15, -0.1) is 0 Å². The standard InChI is InChI=1S/2C9H12O.2ClH.Zr/c2*1-7(2)8-5-3-4-6-9(8)10;;;/h2*3-7,10H,1-2H3;2*1H;/q;;;;+2/p-2. The number of phenolic OH excluding ortho intramolecular Hbond substituents is 2. The summed E-state index contributed by atoms with van der Waals surface area (Å²) in [5, 5.41) is 18.6. The smallest absolute Gasteiger partial charge is 1.00 e. The van der Waals surface area contributed by atoms with E-state index in [0.717, 1.165) is 11.1 Å². The molecule has 0 unspecified atom stereocenters. The predicted octanol–water partition coefficient (Wildman–Crippen LogP) is -0.963. The Balaban J connectivity index is -0.000000308. The second kappa shape index (κ2) is 13.9. The molecule has 0 bridgehead atoms. The third kappa shape index (κ3) is 9.40. The fourth-order valence-corrected chi connectivity index (χ4v) is 1.95. The van der Waals surface area contributed by atoms with Gasteiger partial charge in [0.15, 0.2) is 0 Å². The monoisotopic (exact) mass is 432 g/mol. The van der Waals surface area contributed by atoms with Crippen molar-refractivity contribution in [2.24, 2.45) is 0 Å². The Morgan fingerprint density at radius 1 is 0.609 bits per heavy atom. The summed E-state index contributed by atoms with van der Waals surface area (Å²) in [7, 11) is 0. The van der Waals surface area contributed by atoms with Gasteiger partial charge < -0.3 is 35.0 Å². The molecule has 0 aliphatic heterocycles. The van der Waals surface area contributed by atoms with Gasteiger partial charge in [-0.3, -0.25) is 0 Å². The molecule has 0 radical (unpaired) electrons. The zero-order valence-electron chi connectivity index (χ0n) is 13.9. The largest absolute Gasteiger partial charge is 2.00 e. The average Bonchev–Trinajstić information content (AvgIpc) is 2.40. The number of rotatable bonds is 2. The van der Waals surface area contributed by atoms with Crippen LogP contribution in [0.3, 0.4) is 0 Å². The van der Waals surface area contributed by atoms with E-state index < -0.39 is 0 Å². The minimum Gasteiger partial charge on any atom is -1.00 e. The van der Waals surface area contributed by atoms with Crippen molar-refractivity contribution >= 4 is 0 Å². The molecule has 0 saturated heterocycles. The predicted molar refractivity (Wildman–Crippen MR) is 84.4 cm³/mol. The van der Waals surface area contributed by atoms with E-state index >= 15 is 0 Å². The van der Waals surface area contributed by atoms with E-state index in [0.29, 0.717) is 23.3 Å². The van der Waals surface area contributed by atoms with Gasteiger partial charge in [-0.25, -0.2) is 0 Å². The molecule has 23 heavy (non-hydrogen) atoms. The van der Waals surface area contributed by atoms with E-state index in [1.165, 1.54) is 0 Å². The Labute approximate surface area is 171 Å². The molecule has 0 spiro atoms. The van der Waals surface area contributed by atoms with Crippen LogP contribution in [0.2, 0.25) is 0 Å². The molecule has 0 amide bonds. The summed E-state index contributed by atoms with van der Waals surface area (Å²) in [5.41, 5.74) is 2.03. The number of aromatic hydroxyl groups is 2. The fourth-order valence-electron chi connectivity index (χ4n) is 1.95. The zero-order chi connectivity index (χ0) is 15.1. The average molecular weight is 435 g/mol. The number of phenols is 2. The molecular formula is C18H24Cl2O2Zr. The third-order valence-electron chi connectivity index (χ3n) is 3.12. The molecule has 2 nitrogen and oxygen atoms in total. The Hall–Kier alpha value is -0.497. The molecule has 2 aromatic carbocycles. The SMILES string of the molecule is CC(C)c1ccccc1O.CC(C)c1ccccc1O.[Cl-].[Cl-].[Zr+2]. The van der Waals surface area contributed by atoms with Crippen LogP contribution in [0.5, 0.6) is 11.5 Å². The van der Waals surface area contributed by atoms with Crippen molar-refractivity contribution in [3.63, 3.8) is 0 Å². The van der Waals surface area contributed by atoms with Crippen molar-refractivity contribution in [1.82, 2.24) is 0 Å². The van der Waals surface area contributed by atoms with Crippen LogP contribution in [-0.2, 0) is 26.2 Å². The third-order valence-corrected chi connectivity index (χ3v) is 3.12. The Bertz CT molecular complexity index is 497. The normalized spacial score (nSPS) is 8.96. The summed E-state index contributed by atoms with van der Waals surface area (Å²) >= 11 is 0. The van der Waals surface area contributed by atoms with Gasteiger partial charge in [-0.2, -0.15) is 0 Å². The number of halogens is 2. The summed E-state index contributed by atoms with van der Waals surface area (Å²) in [6.07, 6.45) is 0. The van der Waals surface area contributed by atoms with E-state index in [1.807, 2.05) is 36.4 Å². The molecule has 2 N–H and O–H groups in total. The van der Waals surface area contributed by atoms with E-state index in [4.69, 9.17) is 0 Å². The minimum atomic E-state index is 0. The van der Waals surface area contributed by atoms with Gasteiger partial charge in [-0.1, -0.05) is 64.1 Å². The summed E-state index contributed by atoms with van der Waals surface area (Å²) in [6, 6.07) is 14.9. The van der Waals surface area contributed by atoms with Crippen LogP contribution in [0.25, 0.3) is 0 Å². The van der Waals surface area contributed by atoms with Crippen molar-refractivity contribution in [3.05, 3.63) is 59.7 Å². The minimum absolute atomic E-state index is 0. The molecule has 0 aliphatic rings. The number of hydrogen-bond acceptors (Lipinski definition) is 2. The summed E-state index contributed by atoms with van der Waals surface area (Å²) < 4.78 is 0. The Morgan fingerprint density at radius 2 is 0.870 bits per heavy atom. The van der Waals surface area contributed by atoms with E-state index in [9.17, 15) is 10.2 Å². The number of hydrogen-bond donors (Lipinski definition) is 2. The summed E-state index contributed by atoms with van der Waals surface area (Å²) in [5.74, 6) is 1.61.